The second kappa shape index (κ2) is 6.89. The van der Waals surface area contributed by atoms with E-state index in [9.17, 15) is 9.18 Å². The van der Waals surface area contributed by atoms with Gasteiger partial charge in [-0.05, 0) is 18.6 Å². The Bertz CT molecular complexity index is 1330. The van der Waals surface area contributed by atoms with Crippen LogP contribution in [0.1, 0.15) is 17.0 Å². The fourth-order valence-corrected chi connectivity index (χ4v) is 4.24. The number of aryl methyl sites for hydroxylation is 2. The fraction of sp³-hybridized carbons (Fsp3) is 0.286. The van der Waals surface area contributed by atoms with Crippen molar-refractivity contribution < 1.29 is 9.13 Å². The summed E-state index contributed by atoms with van der Waals surface area (Å²) in [6.07, 6.45) is 4.32. The molecule has 3 aromatic heterocycles. The molecule has 4 aromatic rings. The molecule has 0 aliphatic carbocycles. The van der Waals surface area contributed by atoms with Gasteiger partial charge in [0.05, 0.1) is 41.7 Å². The maximum absolute atomic E-state index is 14.8. The Morgan fingerprint density at radius 2 is 1.97 bits per heavy atom. The minimum atomic E-state index is -0.549. The minimum absolute atomic E-state index is 0.197. The molecule has 0 atom stereocenters. The van der Waals surface area contributed by atoms with Crippen molar-refractivity contribution in [2.45, 2.75) is 12.8 Å². The molecule has 154 valence electrons. The number of hydrogen-bond acceptors (Lipinski definition) is 6. The van der Waals surface area contributed by atoms with Gasteiger partial charge in [0.15, 0.2) is 5.82 Å². The van der Waals surface area contributed by atoms with Crippen LogP contribution in [0.4, 0.5) is 4.39 Å². The number of fused-ring (bicyclic) bond motifs is 3. The number of halogens is 1. The normalized spacial score (nSPS) is 14.8. The highest BCUT2D eigenvalue weighted by atomic mass is 19.1. The number of imidazole rings is 1. The van der Waals surface area contributed by atoms with E-state index in [-0.39, 0.29) is 17.3 Å². The molecule has 1 saturated heterocycles. The highest BCUT2D eigenvalue weighted by Crippen LogP contribution is 2.35. The molecular formula is C21H21FN6O2. The van der Waals surface area contributed by atoms with Crippen LogP contribution in [0.5, 0.6) is 5.75 Å². The van der Waals surface area contributed by atoms with Gasteiger partial charge in [-0.3, -0.25) is 30.0 Å². The number of aromatic nitrogens is 4. The first-order valence-corrected chi connectivity index (χ1v) is 9.65. The van der Waals surface area contributed by atoms with E-state index < -0.39 is 5.82 Å². The standard InChI is InChI=1S/C21H21FN6O2/c1-11-6-23-9-15(22)19(11)28-20-14-4-13(12-7-25-26-8-12)18(30-3)5-16(14)24-10-17(20)27(2)21(28)29/h4-6,9-10,12,25-26H,7-8H2,1-3H3. The number of methoxy groups -OCH3 is 1. The molecule has 0 amide bonds. The number of pyridine rings is 2. The van der Waals surface area contributed by atoms with Gasteiger partial charge >= 0.3 is 5.69 Å². The number of nitrogens with one attached hydrogen (secondary N) is 2. The Morgan fingerprint density at radius 3 is 2.67 bits per heavy atom. The quantitative estimate of drug-likeness (QED) is 0.539. The number of hydrogen-bond donors (Lipinski definition) is 2. The molecule has 0 spiro atoms. The molecular weight excluding hydrogens is 387 g/mol. The van der Waals surface area contributed by atoms with Crippen molar-refractivity contribution in [1.29, 1.82) is 0 Å². The number of nitrogens with zero attached hydrogens (tertiary/aromatic N) is 4. The van der Waals surface area contributed by atoms with Crippen molar-refractivity contribution in [2.75, 3.05) is 20.2 Å². The van der Waals surface area contributed by atoms with Gasteiger partial charge in [0.1, 0.15) is 5.75 Å². The topological polar surface area (TPSA) is 86.0 Å². The third-order valence-electron chi connectivity index (χ3n) is 5.78. The van der Waals surface area contributed by atoms with Crippen molar-refractivity contribution in [1.82, 2.24) is 30.0 Å². The molecule has 1 aromatic carbocycles. The third-order valence-corrected chi connectivity index (χ3v) is 5.78. The molecule has 0 radical (unpaired) electrons. The van der Waals surface area contributed by atoms with Crippen LogP contribution in [0.25, 0.3) is 27.6 Å². The number of rotatable bonds is 3. The van der Waals surface area contributed by atoms with Gasteiger partial charge in [-0.25, -0.2) is 9.18 Å². The lowest BCUT2D eigenvalue weighted by Crippen LogP contribution is -2.22. The average Bonchev–Trinajstić information content (AvgIpc) is 3.36. The lowest BCUT2D eigenvalue weighted by Gasteiger charge is -2.16. The van der Waals surface area contributed by atoms with Crippen LogP contribution in [0.3, 0.4) is 0 Å². The zero-order chi connectivity index (χ0) is 21.0. The molecule has 30 heavy (non-hydrogen) atoms. The molecule has 1 aliphatic heterocycles. The molecule has 8 nitrogen and oxygen atoms in total. The molecule has 1 fully saturated rings. The lowest BCUT2D eigenvalue weighted by atomic mass is 9.96. The van der Waals surface area contributed by atoms with Gasteiger partial charge in [-0.1, -0.05) is 0 Å². The second-order valence-electron chi connectivity index (χ2n) is 7.53. The monoisotopic (exact) mass is 408 g/mol. The van der Waals surface area contributed by atoms with E-state index in [2.05, 4.69) is 20.8 Å². The largest absolute Gasteiger partial charge is 0.496 e. The van der Waals surface area contributed by atoms with Gasteiger partial charge in [0.2, 0.25) is 0 Å². The summed E-state index contributed by atoms with van der Waals surface area (Å²) in [4.78, 5) is 21.6. The van der Waals surface area contributed by atoms with Crippen LogP contribution in [-0.2, 0) is 7.05 Å². The summed E-state index contributed by atoms with van der Waals surface area (Å²) < 4.78 is 23.3. The molecule has 0 bridgehead atoms. The maximum atomic E-state index is 14.8. The Kier molecular flexibility index (Phi) is 4.30. The molecule has 5 rings (SSSR count). The van der Waals surface area contributed by atoms with E-state index in [0.717, 1.165) is 36.0 Å². The van der Waals surface area contributed by atoms with E-state index in [0.29, 0.717) is 22.1 Å². The summed E-state index contributed by atoms with van der Waals surface area (Å²) >= 11 is 0. The minimum Gasteiger partial charge on any atom is -0.496 e. The zero-order valence-electron chi connectivity index (χ0n) is 16.9. The smallest absolute Gasteiger partial charge is 0.333 e. The van der Waals surface area contributed by atoms with Crippen LogP contribution >= 0.6 is 0 Å². The maximum Gasteiger partial charge on any atom is 0.333 e. The van der Waals surface area contributed by atoms with Gasteiger partial charge in [-0.2, -0.15) is 0 Å². The van der Waals surface area contributed by atoms with Crippen molar-refractivity contribution >= 4 is 21.9 Å². The molecule has 0 unspecified atom stereocenters. The van der Waals surface area contributed by atoms with Crippen LogP contribution in [0.15, 0.2) is 35.5 Å². The number of benzene rings is 1. The number of ether oxygens (including phenoxy) is 1. The molecule has 2 N–H and O–H groups in total. The van der Waals surface area contributed by atoms with Crippen molar-refractivity contribution in [3.8, 4) is 11.4 Å². The highest BCUT2D eigenvalue weighted by molar-refractivity contribution is 6.04. The van der Waals surface area contributed by atoms with E-state index in [1.54, 1.807) is 33.5 Å². The first kappa shape index (κ1) is 18.7. The van der Waals surface area contributed by atoms with Crippen LogP contribution in [-0.4, -0.2) is 39.3 Å². The Morgan fingerprint density at radius 1 is 1.20 bits per heavy atom. The lowest BCUT2D eigenvalue weighted by molar-refractivity contribution is 0.407. The molecule has 0 saturated carbocycles. The Balaban J connectivity index is 1.93. The summed E-state index contributed by atoms with van der Waals surface area (Å²) in [5, 5.41) is 0.767. The van der Waals surface area contributed by atoms with Gasteiger partial charge in [0, 0.05) is 49.3 Å². The SMILES string of the molecule is COc1cc2ncc3c(c2cc1C1CNNC1)n(-c1c(C)cncc1F)c(=O)n3C. The van der Waals surface area contributed by atoms with E-state index >= 15 is 0 Å². The van der Waals surface area contributed by atoms with E-state index in [1.807, 2.05) is 12.1 Å². The third kappa shape index (κ3) is 2.62. The first-order chi connectivity index (χ1) is 14.5. The predicted molar refractivity (Wildman–Crippen MR) is 112 cm³/mol. The first-order valence-electron chi connectivity index (χ1n) is 9.65. The molecule has 4 heterocycles. The fourth-order valence-electron chi connectivity index (χ4n) is 4.24. The summed E-state index contributed by atoms with van der Waals surface area (Å²) in [7, 11) is 3.30. The van der Waals surface area contributed by atoms with Gasteiger partial charge < -0.3 is 4.74 Å². The summed E-state index contributed by atoms with van der Waals surface area (Å²) in [5.41, 5.74) is 9.63. The Labute approximate surface area is 171 Å². The van der Waals surface area contributed by atoms with Crippen molar-refractivity contribution in [2.24, 2.45) is 7.05 Å². The number of hydrazine groups is 1. The van der Waals surface area contributed by atoms with Gasteiger partial charge in [-0.15, -0.1) is 0 Å². The summed E-state index contributed by atoms with van der Waals surface area (Å²) in [6.45, 7) is 3.25. The average molecular weight is 408 g/mol. The van der Waals surface area contributed by atoms with Gasteiger partial charge in [0.25, 0.3) is 0 Å². The predicted octanol–water partition coefficient (Wildman–Crippen LogP) is 1.92. The summed E-state index contributed by atoms with van der Waals surface area (Å²) in [6, 6.07) is 3.88. The van der Waals surface area contributed by atoms with Crippen molar-refractivity contribution in [3.05, 3.63) is 58.2 Å². The van der Waals surface area contributed by atoms with E-state index in [4.69, 9.17) is 4.74 Å². The summed E-state index contributed by atoms with van der Waals surface area (Å²) in [5.74, 6) is 0.385. The second-order valence-corrected chi connectivity index (χ2v) is 7.53. The van der Waals surface area contributed by atoms with Crippen molar-refractivity contribution in [3.63, 3.8) is 0 Å². The molecule has 9 heteroatoms. The van der Waals surface area contributed by atoms with Crippen LogP contribution < -0.4 is 21.3 Å². The highest BCUT2D eigenvalue weighted by Gasteiger charge is 2.24. The van der Waals surface area contributed by atoms with E-state index in [1.165, 1.54) is 9.13 Å². The zero-order valence-corrected chi connectivity index (χ0v) is 16.9. The van der Waals surface area contributed by atoms with Crippen LogP contribution in [0.2, 0.25) is 0 Å². The Hall–Kier alpha value is -3.30. The molecule has 1 aliphatic rings. The van der Waals surface area contributed by atoms with Crippen LogP contribution in [0, 0.1) is 12.7 Å².